The zero-order valence-electron chi connectivity index (χ0n) is 19.8. The molecule has 0 amide bonds. The van der Waals surface area contributed by atoms with Crippen LogP contribution in [0.25, 0.3) is 0 Å². The van der Waals surface area contributed by atoms with E-state index in [9.17, 15) is 9.46 Å². The number of anilines is 1. The normalized spacial score (nSPS) is 27.2. The Morgan fingerprint density at radius 2 is 1.97 bits per heavy atom. The van der Waals surface area contributed by atoms with Gasteiger partial charge in [0.2, 0.25) is 13.2 Å². The summed E-state index contributed by atoms with van der Waals surface area (Å²) in [6.07, 6.45) is 18.4. The molecular weight excluding hydrogens is 435 g/mol. The summed E-state index contributed by atoms with van der Waals surface area (Å²) in [6, 6.07) is 0. The lowest BCUT2D eigenvalue weighted by atomic mass is 9.82. The molecule has 4 rings (SSSR count). The Labute approximate surface area is 196 Å². The van der Waals surface area contributed by atoms with Crippen molar-refractivity contribution >= 4 is 24.6 Å². The van der Waals surface area contributed by atoms with Crippen LogP contribution in [0.3, 0.4) is 0 Å². The summed E-state index contributed by atoms with van der Waals surface area (Å²) in [6.45, 7) is 5.91. The third-order valence-electron chi connectivity index (χ3n) is 6.77. The summed E-state index contributed by atoms with van der Waals surface area (Å²) in [4.78, 5) is 23.3. The van der Waals surface area contributed by atoms with Crippen LogP contribution in [0.4, 0.5) is 11.5 Å². The summed E-state index contributed by atoms with van der Waals surface area (Å²) in [5.41, 5.74) is 7.64. The number of aliphatic imine (C=N–C) groups is 1. The molecule has 1 aromatic rings. The molecule has 8 heteroatoms. The number of allylic oxidation sites excluding steroid dienone is 5. The van der Waals surface area contributed by atoms with Gasteiger partial charge in [0.25, 0.3) is 0 Å². The van der Waals surface area contributed by atoms with E-state index in [4.69, 9.17) is 15.5 Å². The molecular formula is C25H35N4O3P. The van der Waals surface area contributed by atoms with Gasteiger partial charge in [0.1, 0.15) is 11.9 Å². The summed E-state index contributed by atoms with van der Waals surface area (Å²) in [5.74, 6) is 1.58. The van der Waals surface area contributed by atoms with E-state index in [-0.39, 0.29) is 5.66 Å². The van der Waals surface area contributed by atoms with Gasteiger partial charge >= 0.3 is 0 Å². The third-order valence-corrected chi connectivity index (χ3v) is 9.47. The fourth-order valence-corrected chi connectivity index (χ4v) is 7.13. The second-order valence-corrected chi connectivity index (χ2v) is 12.5. The summed E-state index contributed by atoms with van der Waals surface area (Å²) < 4.78 is 18.5. The van der Waals surface area contributed by atoms with Gasteiger partial charge in [-0.25, -0.2) is 9.98 Å². The molecule has 0 spiro atoms. The zero-order valence-corrected chi connectivity index (χ0v) is 20.7. The topological polar surface area (TPSA) is 111 Å². The van der Waals surface area contributed by atoms with Crippen LogP contribution in [0.2, 0.25) is 0 Å². The van der Waals surface area contributed by atoms with Crippen molar-refractivity contribution in [2.75, 3.05) is 11.9 Å². The maximum absolute atomic E-state index is 12.4. The Kier molecular flexibility index (Phi) is 6.92. The Morgan fingerprint density at radius 3 is 2.64 bits per heavy atom. The zero-order chi connectivity index (χ0) is 23.6. The maximum Gasteiger partial charge on any atom is 0.246 e. The van der Waals surface area contributed by atoms with Crippen molar-refractivity contribution in [2.24, 2.45) is 16.8 Å². The summed E-state index contributed by atoms with van der Waals surface area (Å²) in [5, 5.41) is 0. The molecule has 3 aliphatic rings. The molecule has 2 heterocycles. The van der Waals surface area contributed by atoms with E-state index in [2.05, 4.69) is 28.2 Å². The number of hydrogen-bond donors (Lipinski definition) is 2. The number of nitrogens with two attached hydrogens (primary N) is 1. The fraction of sp³-hybridized carbons (Fsp3) is 0.560. The number of nitrogens with zero attached hydrogens (tertiary/aromatic N) is 3. The second-order valence-electron chi connectivity index (χ2n) is 9.94. The van der Waals surface area contributed by atoms with Gasteiger partial charge < -0.3 is 15.4 Å². The van der Waals surface area contributed by atoms with Crippen molar-refractivity contribution in [2.45, 2.75) is 70.6 Å². The first-order valence-electron chi connectivity index (χ1n) is 11.9. The third kappa shape index (κ3) is 5.64. The first kappa shape index (κ1) is 23.9. The molecule has 2 saturated carbocycles. The Balaban J connectivity index is 1.44. The van der Waals surface area contributed by atoms with Gasteiger partial charge in [-0.05, 0) is 76.7 Å². The van der Waals surface area contributed by atoms with Crippen LogP contribution in [0.15, 0.2) is 47.3 Å². The van der Waals surface area contributed by atoms with E-state index in [1.54, 1.807) is 0 Å². The minimum Gasteiger partial charge on any atom is -0.463 e. The molecule has 178 valence electrons. The van der Waals surface area contributed by atoms with E-state index in [0.29, 0.717) is 35.4 Å². The van der Waals surface area contributed by atoms with E-state index in [1.165, 1.54) is 6.33 Å². The van der Waals surface area contributed by atoms with Crippen LogP contribution < -0.4 is 10.5 Å². The van der Waals surface area contributed by atoms with Gasteiger partial charge in [0, 0.05) is 11.8 Å². The molecule has 1 unspecified atom stereocenters. The molecule has 7 nitrogen and oxygen atoms in total. The molecule has 0 radical (unpaired) electrons. The number of ether oxygens (including phenoxy) is 1. The number of nitrogen functional groups attached to an aromatic ring is 1. The first-order valence-corrected chi connectivity index (χ1v) is 13.8. The quantitative estimate of drug-likeness (QED) is 0.396. The number of aromatic nitrogens is 2. The molecule has 33 heavy (non-hydrogen) atoms. The average molecular weight is 471 g/mol. The maximum atomic E-state index is 12.4. The molecule has 2 aliphatic carbocycles. The van der Waals surface area contributed by atoms with Crippen molar-refractivity contribution in [3.63, 3.8) is 0 Å². The SMILES string of the molecule is C\C=C/C(=C\C=C\C1CCC(CP(=O)(O)C2CC2)CC1)C1=Nc2c(N)ncnc2OC1(C)C. The van der Waals surface area contributed by atoms with E-state index in [0.717, 1.165) is 49.8 Å². The lowest BCUT2D eigenvalue weighted by Crippen LogP contribution is -2.41. The number of fused-ring (bicyclic) bond motifs is 1. The van der Waals surface area contributed by atoms with Crippen LogP contribution in [-0.2, 0) is 4.57 Å². The molecule has 0 saturated heterocycles. The molecule has 1 aliphatic heterocycles. The summed E-state index contributed by atoms with van der Waals surface area (Å²) in [7, 11) is -2.92. The fourth-order valence-electron chi connectivity index (χ4n) is 4.77. The van der Waals surface area contributed by atoms with Gasteiger partial charge in [-0.2, -0.15) is 4.98 Å². The lowest BCUT2D eigenvalue weighted by molar-refractivity contribution is 0.171. The van der Waals surface area contributed by atoms with Crippen LogP contribution in [0.1, 0.15) is 59.3 Å². The molecule has 3 N–H and O–H groups in total. The van der Waals surface area contributed by atoms with Gasteiger partial charge in [0.05, 0.1) is 5.71 Å². The monoisotopic (exact) mass is 470 g/mol. The van der Waals surface area contributed by atoms with Crippen molar-refractivity contribution in [3.05, 3.63) is 42.3 Å². The smallest absolute Gasteiger partial charge is 0.246 e. The van der Waals surface area contributed by atoms with E-state index in [1.807, 2.05) is 32.9 Å². The van der Waals surface area contributed by atoms with E-state index < -0.39 is 13.0 Å². The molecule has 1 atom stereocenters. The van der Waals surface area contributed by atoms with Crippen LogP contribution >= 0.6 is 7.37 Å². The Morgan fingerprint density at radius 1 is 1.24 bits per heavy atom. The molecule has 0 bridgehead atoms. The van der Waals surface area contributed by atoms with Crippen LogP contribution in [-0.4, -0.2) is 38.0 Å². The predicted octanol–water partition coefficient (Wildman–Crippen LogP) is 5.60. The van der Waals surface area contributed by atoms with Gasteiger partial charge in [-0.3, -0.25) is 4.57 Å². The van der Waals surface area contributed by atoms with Gasteiger partial charge in [0.15, 0.2) is 11.5 Å². The molecule has 1 aromatic heterocycles. The van der Waals surface area contributed by atoms with Crippen LogP contribution in [0.5, 0.6) is 5.88 Å². The van der Waals surface area contributed by atoms with Gasteiger partial charge in [-0.1, -0.05) is 30.4 Å². The van der Waals surface area contributed by atoms with E-state index >= 15 is 0 Å². The van der Waals surface area contributed by atoms with Crippen LogP contribution in [0, 0.1) is 11.8 Å². The predicted molar refractivity (Wildman–Crippen MR) is 133 cm³/mol. The molecule has 2 fully saturated rings. The number of hydrogen-bond acceptors (Lipinski definition) is 6. The first-order chi connectivity index (χ1) is 15.7. The van der Waals surface area contributed by atoms with Crippen molar-refractivity contribution in [1.29, 1.82) is 0 Å². The van der Waals surface area contributed by atoms with Crippen molar-refractivity contribution < 1.29 is 14.2 Å². The average Bonchev–Trinajstić information content (AvgIpc) is 3.60. The highest BCUT2D eigenvalue weighted by Crippen LogP contribution is 2.59. The highest BCUT2D eigenvalue weighted by atomic mass is 31.2. The largest absolute Gasteiger partial charge is 0.463 e. The molecule has 0 aromatic carbocycles. The van der Waals surface area contributed by atoms with Gasteiger partial charge in [-0.15, -0.1) is 0 Å². The highest BCUT2D eigenvalue weighted by molar-refractivity contribution is 7.59. The lowest BCUT2D eigenvalue weighted by Gasteiger charge is -2.32. The Bertz CT molecular complexity index is 1050. The number of rotatable bonds is 7. The second kappa shape index (κ2) is 9.55. The highest BCUT2D eigenvalue weighted by Gasteiger charge is 2.41. The minimum atomic E-state index is -2.92. The van der Waals surface area contributed by atoms with Crippen molar-refractivity contribution in [1.82, 2.24) is 9.97 Å². The summed E-state index contributed by atoms with van der Waals surface area (Å²) >= 11 is 0. The Hall–Kier alpha value is -2.24. The van der Waals surface area contributed by atoms with Crippen molar-refractivity contribution in [3.8, 4) is 5.88 Å². The minimum absolute atomic E-state index is 0.0927. The standard InChI is InChI=1S/C25H35N4O3P/c1-4-6-19(22-25(2,3)32-24-21(29-22)23(26)27-16-28-24)8-5-7-17-9-11-18(12-10-17)15-33(30,31)20-13-14-20/h4-8,16-18,20H,9-15H2,1-3H3,(H,30,31)(H2,26,27,28)/b6-4-,7-5+,19-8+.